The second-order valence-corrected chi connectivity index (χ2v) is 5.60. The molecular formula is C15H12BrN3O2. The van der Waals surface area contributed by atoms with E-state index in [0.717, 1.165) is 9.48 Å². The lowest BCUT2D eigenvalue weighted by atomic mass is 9.99. The van der Waals surface area contributed by atoms with E-state index < -0.39 is 5.72 Å². The number of hydrogen-bond acceptors (Lipinski definition) is 4. The zero-order chi connectivity index (χ0) is 14.9. The highest BCUT2D eigenvalue weighted by Crippen LogP contribution is 2.34. The molecule has 2 aromatic rings. The van der Waals surface area contributed by atoms with Crippen LogP contribution in [0.2, 0.25) is 0 Å². The van der Waals surface area contributed by atoms with Crippen molar-refractivity contribution in [2.45, 2.75) is 12.1 Å². The molecule has 0 fully saturated rings. The number of hydrazone groups is 1. The molecule has 0 aliphatic carbocycles. The zero-order valence-electron chi connectivity index (χ0n) is 11.0. The summed E-state index contributed by atoms with van der Waals surface area (Å²) in [5, 5.41) is 16.0. The highest BCUT2D eigenvalue weighted by Gasteiger charge is 2.42. The predicted octanol–water partition coefficient (Wildman–Crippen LogP) is 2.52. The van der Waals surface area contributed by atoms with Crippen LogP contribution in [-0.4, -0.2) is 27.2 Å². The van der Waals surface area contributed by atoms with Gasteiger partial charge in [0.1, 0.15) is 0 Å². The number of pyridine rings is 1. The minimum Gasteiger partial charge on any atom is -0.365 e. The van der Waals surface area contributed by atoms with Crippen molar-refractivity contribution in [2.24, 2.45) is 5.10 Å². The molecule has 0 saturated carbocycles. The van der Waals surface area contributed by atoms with E-state index in [0.29, 0.717) is 11.1 Å². The number of halogens is 1. The lowest BCUT2D eigenvalue weighted by Crippen LogP contribution is -2.43. The summed E-state index contributed by atoms with van der Waals surface area (Å²) in [6.07, 6.45) is 4.83. The van der Waals surface area contributed by atoms with Crippen LogP contribution in [0, 0.1) is 0 Å². The van der Waals surface area contributed by atoms with Crippen molar-refractivity contribution >= 4 is 28.1 Å². The van der Waals surface area contributed by atoms with Crippen LogP contribution in [-0.2, 0) is 5.72 Å². The minimum absolute atomic E-state index is 0.251. The van der Waals surface area contributed by atoms with Gasteiger partial charge in [-0.05, 0) is 24.3 Å². The van der Waals surface area contributed by atoms with Gasteiger partial charge in [0, 0.05) is 35.1 Å². The Morgan fingerprint density at radius 1 is 1.29 bits per heavy atom. The summed E-state index contributed by atoms with van der Waals surface area (Å²) in [6, 6.07) is 10.5. The average Bonchev–Trinajstić information content (AvgIpc) is 2.91. The third-order valence-electron chi connectivity index (χ3n) is 3.33. The van der Waals surface area contributed by atoms with E-state index in [1.165, 1.54) is 12.4 Å². The van der Waals surface area contributed by atoms with Crippen molar-refractivity contribution in [1.29, 1.82) is 0 Å². The molecule has 106 valence electrons. The topological polar surface area (TPSA) is 65.8 Å². The largest absolute Gasteiger partial charge is 0.365 e. The Kier molecular flexibility index (Phi) is 3.57. The van der Waals surface area contributed by atoms with Gasteiger partial charge in [-0.15, -0.1) is 0 Å². The van der Waals surface area contributed by atoms with E-state index >= 15 is 0 Å². The number of nitrogens with zero attached hydrogens (tertiary/aromatic N) is 3. The maximum atomic E-state index is 12.5. The second-order valence-electron chi connectivity index (χ2n) is 4.68. The standard InChI is InChI=1S/C15H12BrN3O2/c16-13-5-3-12(4-6-13)15(21)7-9-18-19(15)14(20)11-2-1-8-17-10-11/h1-6,8-10,21H,7H2/t15-/m0/s1. The van der Waals surface area contributed by atoms with Gasteiger partial charge in [-0.1, -0.05) is 28.1 Å². The maximum Gasteiger partial charge on any atom is 0.278 e. The van der Waals surface area contributed by atoms with E-state index in [4.69, 9.17) is 0 Å². The lowest BCUT2D eigenvalue weighted by Gasteiger charge is -2.31. The molecule has 1 aromatic heterocycles. The molecule has 2 heterocycles. The Morgan fingerprint density at radius 3 is 2.71 bits per heavy atom. The molecule has 5 nitrogen and oxygen atoms in total. The van der Waals surface area contributed by atoms with E-state index in [-0.39, 0.29) is 12.3 Å². The maximum absolute atomic E-state index is 12.5. The lowest BCUT2D eigenvalue weighted by molar-refractivity contribution is -0.0764. The Hall–Kier alpha value is -2.05. The van der Waals surface area contributed by atoms with Crippen molar-refractivity contribution in [1.82, 2.24) is 9.99 Å². The monoisotopic (exact) mass is 345 g/mol. The number of hydrogen-bond donors (Lipinski definition) is 1. The molecule has 1 aliphatic rings. The molecule has 0 saturated heterocycles. The number of aromatic nitrogens is 1. The summed E-state index contributed by atoms with van der Waals surface area (Å²) >= 11 is 3.35. The van der Waals surface area contributed by atoms with E-state index in [9.17, 15) is 9.90 Å². The van der Waals surface area contributed by atoms with Gasteiger partial charge in [0.25, 0.3) is 5.91 Å². The van der Waals surface area contributed by atoms with Crippen LogP contribution in [0.3, 0.4) is 0 Å². The van der Waals surface area contributed by atoms with Crippen molar-refractivity contribution in [3.8, 4) is 0 Å². The van der Waals surface area contributed by atoms with E-state index in [2.05, 4.69) is 26.0 Å². The number of amides is 1. The number of carbonyl (C=O) groups is 1. The highest BCUT2D eigenvalue weighted by molar-refractivity contribution is 9.10. The molecular weight excluding hydrogens is 334 g/mol. The molecule has 6 heteroatoms. The van der Waals surface area contributed by atoms with Crippen LogP contribution in [0.15, 0.2) is 58.4 Å². The van der Waals surface area contributed by atoms with Crippen molar-refractivity contribution in [2.75, 3.05) is 0 Å². The summed E-state index contributed by atoms with van der Waals surface area (Å²) in [4.78, 5) is 16.4. The fourth-order valence-electron chi connectivity index (χ4n) is 2.22. The van der Waals surface area contributed by atoms with Gasteiger partial charge in [0.15, 0.2) is 5.72 Å². The molecule has 0 radical (unpaired) electrons. The van der Waals surface area contributed by atoms with Gasteiger partial charge in [-0.2, -0.15) is 10.1 Å². The number of aliphatic hydroxyl groups is 1. The second kappa shape index (κ2) is 5.38. The summed E-state index contributed by atoms with van der Waals surface area (Å²) in [5.74, 6) is -0.387. The molecule has 1 atom stereocenters. The fraction of sp³-hybridized carbons (Fsp3) is 0.133. The third-order valence-corrected chi connectivity index (χ3v) is 3.86. The molecule has 3 rings (SSSR count). The first-order chi connectivity index (χ1) is 10.1. The minimum atomic E-state index is -1.46. The molecule has 0 unspecified atom stereocenters. The van der Waals surface area contributed by atoms with Crippen LogP contribution in [0.25, 0.3) is 0 Å². The third kappa shape index (κ3) is 2.48. The first-order valence-electron chi connectivity index (χ1n) is 6.37. The molecule has 0 spiro atoms. The number of benzene rings is 1. The van der Waals surface area contributed by atoms with Gasteiger partial charge >= 0.3 is 0 Å². The normalized spacial score (nSPS) is 20.8. The summed E-state index contributed by atoms with van der Waals surface area (Å²) < 4.78 is 0.902. The van der Waals surface area contributed by atoms with Crippen LogP contribution < -0.4 is 0 Å². The molecule has 1 amide bonds. The summed E-state index contributed by atoms with van der Waals surface area (Å²) in [5.41, 5.74) is -0.472. The van der Waals surface area contributed by atoms with Crippen LogP contribution in [0.1, 0.15) is 22.3 Å². The summed E-state index contributed by atoms with van der Waals surface area (Å²) in [6.45, 7) is 0. The number of carbonyl (C=O) groups excluding carboxylic acids is 1. The van der Waals surface area contributed by atoms with Gasteiger partial charge in [-0.25, -0.2) is 0 Å². The van der Waals surface area contributed by atoms with Crippen molar-refractivity contribution in [3.63, 3.8) is 0 Å². The van der Waals surface area contributed by atoms with Crippen LogP contribution >= 0.6 is 15.9 Å². The quantitative estimate of drug-likeness (QED) is 0.909. The van der Waals surface area contributed by atoms with Gasteiger partial charge in [-0.3, -0.25) is 9.78 Å². The Labute approximate surface area is 130 Å². The molecule has 1 aromatic carbocycles. The Balaban J connectivity index is 1.96. The van der Waals surface area contributed by atoms with Gasteiger partial charge < -0.3 is 5.11 Å². The molecule has 0 bridgehead atoms. The summed E-state index contributed by atoms with van der Waals surface area (Å²) in [7, 11) is 0. The van der Waals surface area contributed by atoms with E-state index in [1.807, 2.05) is 12.1 Å². The van der Waals surface area contributed by atoms with Gasteiger partial charge in [0.2, 0.25) is 0 Å². The fourth-order valence-corrected chi connectivity index (χ4v) is 2.49. The van der Waals surface area contributed by atoms with Crippen LogP contribution in [0.5, 0.6) is 0 Å². The smallest absolute Gasteiger partial charge is 0.278 e. The Bertz CT molecular complexity index is 688. The first-order valence-corrected chi connectivity index (χ1v) is 7.16. The molecule has 21 heavy (non-hydrogen) atoms. The van der Waals surface area contributed by atoms with Crippen LogP contribution in [0.4, 0.5) is 0 Å². The predicted molar refractivity (Wildman–Crippen MR) is 81.6 cm³/mol. The first kappa shape index (κ1) is 13.9. The van der Waals surface area contributed by atoms with Crippen molar-refractivity contribution in [3.05, 3.63) is 64.4 Å². The Morgan fingerprint density at radius 2 is 2.05 bits per heavy atom. The van der Waals surface area contributed by atoms with E-state index in [1.54, 1.807) is 30.5 Å². The number of rotatable bonds is 2. The molecule has 1 aliphatic heterocycles. The SMILES string of the molecule is O=C(c1cccnc1)N1N=CC[C@]1(O)c1ccc(Br)cc1. The van der Waals surface area contributed by atoms with Crippen molar-refractivity contribution < 1.29 is 9.90 Å². The zero-order valence-corrected chi connectivity index (χ0v) is 12.6. The van der Waals surface area contributed by atoms with Gasteiger partial charge in [0.05, 0.1) is 5.56 Å². The highest BCUT2D eigenvalue weighted by atomic mass is 79.9. The molecule has 1 N–H and O–H groups in total. The average molecular weight is 346 g/mol.